The molecule has 1 saturated heterocycles. The summed E-state index contributed by atoms with van der Waals surface area (Å²) in [7, 11) is 0. The standard InChI is InChI=1S/C25H33F3O2S/c1-3-5-16-6-8-17(9-7-16)19-11-12-20(30-15-19)22-14-18-10-13-21(29-4-2)23(24(18)31-22)25(26,27)28/h10,13-14,16-17,19-20H,3-9,11-12,15H2,1-2H3. The molecule has 4 rings (SSSR count). The minimum atomic E-state index is -4.44. The van der Waals surface area contributed by atoms with Crippen molar-refractivity contribution in [3.8, 4) is 5.75 Å². The highest BCUT2D eigenvalue weighted by atomic mass is 32.1. The number of halogens is 3. The summed E-state index contributed by atoms with van der Waals surface area (Å²) in [4.78, 5) is 0.902. The molecule has 2 aromatic rings. The van der Waals surface area contributed by atoms with Crippen molar-refractivity contribution in [2.24, 2.45) is 17.8 Å². The molecule has 6 heteroatoms. The number of hydrogen-bond donors (Lipinski definition) is 0. The zero-order valence-electron chi connectivity index (χ0n) is 18.5. The van der Waals surface area contributed by atoms with Gasteiger partial charge in [0.15, 0.2) is 0 Å². The lowest BCUT2D eigenvalue weighted by Gasteiger charge is -2.37. The normalized spacial score (nSPS) is 27.5. The molecule has 2 atom stereocenters. The molecule has 1 aliphatic heterocycles. The summed E-state index contributed by atoms with van der Waals surface area (Å²) in [5.41, 5.74) is -0.652. The molecule has 172 valence electrons. The highest BCUT2D eigenvalue weighted by Gasteiger charge is 2.38. The molecule has 0 spiro atoms. The number of rotatable bonds is 6. The fraction of sp³-hybridized carbons (Fsp3) is 0.680. The van der Waals surface area contributed by atoms with Gasteiger partial charge in [-0.25, -0.2) is 0 Å². The van der Waals surface area contributed by atoms with Gasteiger partial charge in [-0.15, -0.1) is 11.3 Å². The van der Waals surface area contributed by atoms with Crippen LogP contribution in [0.5, 0.6) is 5.75 Å². The lowest BCUT2D eigenvalue weighted by atomic mass is 9.73. The molecule has 2 nitrogen and oxygen atoms in total. The maximum absolute atomic E-state index is 13.8. The van der Waals surface area contributed by atoms with Crippen LogP contribution in [0.4, 0.5) is 13.2 Å². The van der Waals surface area contributed by atoms with Gasteiger partial charge in [0.05, 0.1) is 24.0 Å². The molecule has 0 bridgehead atoms. The van der Waals surface area contributed by atoms with Crippen molar-refractivity contribution in [3.05, 3.63) is 28.6 Å². The molecule has 0 radical (unpaired) electrons. The second-order valence-corrected chi connectivity index (χ2v) is 10.2. The summed E-state index contributed by atoms with van der Waals surface area (Å²) in [6, 6.07) is 5.06. The van der Waals surface area contributed by atoms with Crippen molar-refractivity contribution in [1.29, 1.82) is 0 Å². The van der Waals surface area contributed by atoms with E-state index < -0.39 is 11.7 Å². The van der Waals surface area contributed by atoms with E-state index in [0.29, 0.717) is 11.3 Å². The quantitative estimate of drug-likeness (QED) is 0.436. The van der Waals surface area contributed by atoms with Crippen LogP contribution in [0.15, 0.2) is 18.2 Å². The number of alkyl halides is 3. The zero-order valence-corrected chi connectivity index (χ0v) is 19.3. The van der Waals surface area contributed by atoms with Gasteiger partial charge >= 0.3 is 6.18 Å². The molecule has 1 aromatic heterocycles. The number of thiophene rings is 1. The van der Waals surface area contributed by atoms with Crippen molar-refractivity contribution in [2.45, 2.75) is 77.5 Å². The first-order chi connectivity index (χ1) is 14.9. The maximum Gasteiger partial charge on any atom is 0.421 e. The van der Waals surface area contributed by atoms with Gasteiger partial charge < -0.3 is 9.47 Å². The van der Waals surface area contributed by atoms with Crippen LogP contribution < -0.4 is 4.74 Å². The van der Waals surface area contributed by atoms with E-state index >= 15 is 0 Å². The molecule has 0 N–H and O–H groups in total. The average Bonchev–Trinajstić information content (AvgIpc) is 3.18. The van der Waals surface area contributed by atoms with E-state index in [1.807, 2.05) is 6.07 Å². The van der Waals surface area contributed by atoms with Gasteiger partial charge in [0, 0.05) is 4.88 Å². The zero-order chi connectivity index (χ0) is 22.0. The van der Waals surface area contributed by atoms with E-state index in [4.69, 9.17) is 9.47 Å². The van der Waals surface area contributed by atoms with Gasteiger partial charge in [0.1, 0.15) is 11.3 Å². The summed E-state index contributed by atoms with van der Waals surface area (Å²) in [6.07, 6.45) is 5.40. The Labute approximate surface area is 187 Å². The van der Waals surface area contributed by atoms with E-state index in [9.17, 15) is 13.2 Å². The molecule has 2 aliphatic rings. The second kappa shape index (κ2) is 9.70. The highest BCUT2D eigenvalue weighted by Crippen LogP contribution is 2.47. The molecule has 2 fully saturated rings. The Bertz CT molecular complexity index is 860. The Morgan fingerprint density at radius 2 is 1.77 bits per heavy atom. The third-order valence-corrected chi connectivity index (χ3v) is 8.39. The Hall–Kier alpha value is -1.27. The van der Waals surface area contributed by atoms with Gasteiger partial charge in [-0.05, 0) is 73.9 Å². The first-order valence-corrected chi connectivity index (χ1v) is 12.6. The fourth-order valence-corrected chi connectivity index (χ4v) is 6.83. The lowest BCUT2D eigenvalue weighted by molar-refractivity contribution is -0.137. The van der Waals surface area contributed by atoms with Crippen LogP contribution in [0, 0.1) is 17.8 Å². The molecule has 1 saturated carbocycles. The third-order valence-electron chi connectivity index (χ3n) is 7.13. The van der Waals surface area contributed by atoms with E-state index in [1.54, 1.807) is 13.0 Å². The molecule has 1 aliphatic carbocycles. The fourth-order valence-electron chi connectivity index (χ4n) is 5.53. The number of benzene rings is 1. The van der Waals surface area contributed by atoms with E-state index in [0.717, 1.165) is 36.2 Å². The van der Waals surface area contributed by atoms with Crippen LogP contribution >= 0.6 is 11.3 Å². The number of ether oxygens (including phenoxy) is 2. The van der Waals surface area contributed by atoms with Crippen LogP contribution in [0.1, 0.15) is 81.8 Å². The highest BCUT2D eigenvalue weighted by molar-refractivity contribution is 7.19. The Morgan fingerprint density at radius 1 is 1.03 bits per heavy atom. The number of fused-ring (bicyclic) bond motifs is 1. The number of hydrogen-bond acceptors (Lipinski definition) is 3. The molecular weight excluding hydrogens is 421 g/mol. The minimum absolute atomic E-state index is 0.0841. The predicted molar refractivity (Wildman–Crippen MR) is 120 cm³/mol. The first kappa shape index (κ1) is 22.9. The summed E-state index contributed by atoms with van der Waals surface area (Å²) in [6.45, 7) is 4.91. The summed E-state index contributed by atoms with van der Waals surface area (Å²) >= 11 is 1.21. The van der Waals surface area contributed by atoms with Crippen LogP contribution in [0.25, 0.3) is 10.1 Å². The van der Waals surface area contributed by atoms with Gasteiger partial charge in [-0.3, -0.25) is 0 Å². The van der Waals surface area contributed by atoms with Crippen LogP contribution in [-0.2, 0) is 10.9 Å². The van der Waals surface area contributed by atoms with Gasteiger partial charge in [0.25, 0.3) is 0 Å². The summed E-state index contributed by atoms with van der Waals surface area (Å²) < 4.78 is 53.1. The monoisotopic (exact) mass is 454 g/mol. The van der Waals surface area contributed by atoms with Crippen LogP contribution in [0.3, 0.4) is 0 Å². The lowest BCUT2D eigenvalue weighted by Crippen LogP contribution is -2.29. The van der Waals surface area contributed by atoms with Crippen molar-refractivity contribution >= 4 is 21.4 Å². The van der Waals surface area contributed by atoms with Crippen molar-refractivity contribution in [1.82, 2.24) is 0 Å². The van der Waals surface area contributed by atoms with E-state index in [2.05, 4.69) is 6.92 Å². The van der Waals surface area contributed by atoms with Gasteiger partial charge in [-0.2, -0.15) is 13.2 Å². The van der Waals surface area contributed by atoms with Gasteiger partial charge in [0.2, 0.25) is 0 Å². The van der Waals surface area contributed by atoms with Crippen molar-refractivity contribution < 1.29 is 22.6 Å². The smallest absolute Gasteiger partial charge is 0.421 e. The van der Waals surface area contributed by atoms with E-state index in [-0.39, 0.29) is 23.2 Å². The molecule has 1 aromatic carbocycles. The second-order valence-electron chi connectivity index (χ2n) is 9.17. The molecule has 31 heavy (non-hydrogen) atoms. The van der Waals surface area contributed by atoms with Crippen LogP contribution in [0.2, 0.25) is 0 Å². The SMILES string of the molecule is CCCC1CCC(C2CCC(c3cc4ccc(OCC)c(C(F)(F)F)c4s3)OC2)CC1. The van der Waals surface area contributed by atoms with E-state index in [1.165, 1.54) is 55.9 Å². The Kier molecular flexibility index (Phi) is 7.17. The van der Waals surface area contributed by atoms with Crippen LogP contribution in [-0.4, -0.2) is 13.2 Å². The molecule has 2 unspecified atom stereocenters. The molecule has 2 heterocycles. The van der Waals surface area contributed by atoms with Crippen molar-refractivity contribution in [2.75, 3.05) is 13.2 Å². The molecule has 0 amide bonds. The summed E-state index contributed by atoms with van der Waals surface area (Å²) in [5.74, 6) is 2.17. The predicted octanol–water partition coefficient (Wildman–Crippen LogP) is 8.39. The Morgan fingerprint density at radius 3 is 2.39 bits per heavy atom. The van der Waals surface area contributed by atoms with Gasteiger partial charge in [-0.1, -0.05) is 32.6 Å². The molecular formula is C25H33F3O2S. The van der Waals surface area contributed by atoms with Crippen molar-refractivity contribution in [3.63, 3.8) is 0 Å². The first-order valence-electron chi connectivity index (χ1n) is 11.8. The maximum atomic E-state index is 13.8. The third kappa shape index (κ3) is 5.05. The Balaban J connectivity index is 1.45. The minimum Gasteiger partial charge on any atom is -0.493 e. The summed E-state index contributed by atoms with van der Waals surface area (Å²) in [5, 5.41) is 0.621. The average molecular weight is 455 g/mol. The largest absolute Gasteiger partial charge is 0.493 e. The topological polar surface area (TPSA) is 18.5 Å².